The SMILES string of the molecule is C=Cc1ccc(C)cc1C(=C)/C=C\C=C/C.CC. The highest BCUT2D eigenvalue weighted by Crippen LogP contribution is 2.21. The molecular weight excluding hydrogens is 216 g/mol. The molecule has 0 aliphatic rings. The van der Waals surface area contributed by atoms with E-state index in [1.807, 2.05) is 51.2 Å². The second-order valence-electron chi connectivity index (χ2n) is 3.70. The second-order valence-corrected chi connectivity index (χ2v) is 3.70. The van der Waals surface area contributed by atoms with Crippen molar-refractivity contribution in [3.05, 3.63) is 72.4 Å². The van der Waals surface area contributed by atoms with Crippen molar-refractivity contribution in [3.8, 4) is 0 Å². The maximum absolute atomic E-state index is 4.08. The zero-order valence-corrected chi connectivity index (χ0v) is 12.0. The van der Waals surface area contributed by atoms with Crippen LogP contribution in [-0.4, -0.2) is 0 Å². The summed E-state index contributed by atoms with van der Waals surface area (Å²) in [6.07, 6.45) is 9.87. The van der Waals surface area contributed by atoms with E-state index in [1.54, 1.807) is 0 Å². The van der Waals surface area contributed by atoms with Crippen molar-refractivity contribution >= 4 is 11.6 Å². The van der Waals surface area contributed by atoms with Crippen LogP contribution in [0.4, 0.5) is 0 Å². The van der Waals surface area contributed by atoms with Gasteiger partial charge in [0.15, 0.2) is 0 Å². The Morgan fingerprint density at radius 2 is 1.83 bits per heavy atom. The van der Waals surface area contributed by atoms with Gasteiger partial charge < -0.3 is 0 Å². The molecule has 1 aromatic rings. The number of aryl methyl sites for hydroxylation is 1. The summed E-state index contributed by atoms with van der Waals surface area (Å²) in [6.45, 7) is 16.0. The van der Waals surface area contributed by atoms with Crippen LogP contribution in [0.3, 0.4) is 0 Å². The Morgan fingerprint density at radius 1 is 1.17 bits per heavy atom. The molecule has 18 heavy (non-hydrogen) atoms. The Hall–Kier alpha value is -1.82. The number of hydrogen-bond acceptors (Lipinski definition) is 0. The van der Waals surface area contributed by atoms with Crippen LogP contribution in [0.2, 0.25) is 0 Å². The Morgan fingerprint density at radius 3 is 2.39 bits per heavy atom. The zero-order chi connectivity index (χ0) is 14.0. The summed E-state index contributed by atoms with van der Waals surface area (Å²) >= 11 is 0. The molecule has 0 heteroatoms. The number of benzene rings is 1. The van der Waals surface area contributed by atoms with E-state index in [0.717, 1.165) is 16.7 Å². The minimum absolute atomic E-state index is 1.01. The molecule has 0 saturated heterocycles. The highest BCUT2D eigenvalue weighted by Gasteiger charge is 2.01. The van der Waals surface area contributed by atoms with Crippen LogP contribution in [-0.2, 0) is 0 Å². The predicted molar refractivity (Wildman–Crippen MR) is 85.6 cm³/mol. The van der Waals surface area contributed by atoms with E-state index >= 15 is 0 Å². The standard InChI is InChI=1S/C16H18.C2H6/c1-5-7-8-9-14(4)16-12-13(3)10-11-15(16)6-2;1-2/h5-12H,2,4H2,1,3H3;1-2H3/b7-5-,9-8-;. The molecule has 0 fully saturated rings. The molecule has 0 bridgehead atoms. The van der Waals surface area contributed by atoms with Gasteiger partial charge in [0, 0.05) is 0 Å². The third-order valence-electron chi connectivity index (χ3n) is 2.38. The molecule has 0 spiro atoms. The summed E-state index contributed by atoms with van der Waals surface area (Å²) in [7, 11) is 0. The molecule has 0 unspecified atom stereocenters. The molecule has 1 rings (SSSR count). The summed E-state index contributed by atoms with van der Waals surface area (Å²) in [5.41, 5.74) is 4.52. The third-order valence-corrected chi connectivity index (χ3v) is 2.38. The van der Waals surface area contributed by atoms with Gasteiger partial charge in [-0.1, -0.05) is 81.1 Å². The van der Waals surface area contributed by atoms with Crippen molar-refractivity contribution in [2.75, 3.05) is 0 Å². The van der Waals surface area contributed by atoms with Gasteiger partial charge in [-0.25, -0.2) is 0 Å². The quantitative estimate of drug-likeness (QED) is 0.582. The molecular formula is C18H24. The van der Waals surface area contributed by atoms with E-state index in [1.165, 1.54) is 5.56 Å². The topological polar surface area (TPSA) is 0 Å². The van der Waals surface area contributed by atoms with Gasteiger partial charge in [0.2, 0.25) is 0 Å². The lowest BCUT2D eigenvalue weighted by molar-refractivity contribution is 1.44. The van der Waals surface area contributed by atoms with Gasteiger partial charge in [-0.15, -0.1) is 0 Å². The van der Waals surface area contributed by atoms with E-state index in [0.29, 0.717) is 0 Å². The second kappa shape index (κ2) is 9.23. The average Bonchev–Trinajstić information content (AvgIpc) is 2.41. The molecule has 0 aromatic heterocycles. The van der Waals surface area contributed by atoms with Crippen molar-refractivity contribution in [2.24, 2.45) is 0 Å². The van der Waals surface area contributed by atoms with Crippen LogP contribution < -0.4 is 0 Å². The first-order chi connectivity index (χ1) is 8.69. The van der Waals surface area contributed by atoms with Gasteiger partial charge in [0.1, 0.15) is 0 Å². The van der Waals surface area contributed by atoms with Gasteiger partial charge in [-0.2, -0.15) is 0 Å². The Kier molecular flexibility index (Phi) is 8.30. The normalized spacial score (nSPS) is 10.2. The van der Waals surface area contributed by atoms with E-state index in [9.17, 15) is 0 Å². The van der Waals surface area contributed by atoms with Crippen molar-refractivity contribution in [3.63, 3.8) is 0 Å². The monoisotopic (exact) mass is 240 g/mol. The average molecular weight is 240 g/mol. The summed E-state index contributed by atoms with van der Waals surface area (Å²) in [5.74, 6) is 0. The highest BCUT2D eigenvalue weighted by atomic mass is 14.1. The fourth-order valence-electron chi connectivity index (χ4n) is 1.50. The van der Waals surface area contributed by atoms with Crippen LogP contribution in [0.5, 0.6) is 0 Å². The molecule has 96 valence electrons. The number of hydrogen-bond donors (Lipinski definition) is 0. The molecule has 0 aliphatic heterocycles. The maximum Gasteiger partial charge on any atom is -0.0115 e. The van der Waals surface area contributed by atoms with Gasteiger partial charge >= 0.3 is 0 Å². The maximum atomic E-state index is 4.08. The lowest BCUT2D eigenvalue weighted by Crippen LogP contribution is -1.86. The molecule has 0 nitrogen and oxygen atoms in total. The lowest BCUT2D eigenvalue weighted by Gasteiger charge is -2.07. The zero-order valence-electron chi connectivity index (χ0n) is 12.0. The van der Waals surface area contributed by atoms with Gasteiger partial charge in [0.05, 0.1) is 0 Å². The smallest absolute Gasteiger partial charge is 0.0115 e. The van der Waals surface area contributed by atoms with Gasteiger partial charge in [-0.3, -0.25) is 0 Å². The fraction of sp³-hybridized carbons (Fsp3) is 0.222. The Balaban J connectivity index is 0.00000137. The van der Waals surface area contributed by atoms with Crippen molar-refractivity contribution in [2.45, 2.75) is 27.7 Å². The number of rotatable bonds is 4. The van der Waals surface area contributed by atoms with Crippen LogP contribution in [0.25, 0.3) is 11.6 Å². The lowest BCUT2D eigenvalue weighted by atomic mass is 9.98. The minimum Gasteiger partial charge on any atom is -0.0984 e. The Labute approximate surface area is 112 Å². The predicted octanol–water partition coefficient (Wildman–Crippen LogP) is 5.81. The van der Waals surface area contributed by atoms with Crippen LogP contribution in [0.15, 0.2) is 55.7 Å². The van der Waals surface area contributed by atoms with Gasteiger partial charge in [-0.05, 0) is 30.5 Å². The Bertz CT molecular complexity index is 445. The van der Waals surface area contributed by atoms with E-state index in [4.69, 9.17) is 0 Å². The summed E-state index contributed by atoms with van der Waals surface area (Å²) in [5, 5.41) is 0. The molecule has 0 aliphatic carbocycles. The highest BCUT2D eigenvalue weighted by molar-refractivity contribution is 5.79. The van der Waals surface area contributed by atoms with Crippen LogP contribution >= 0.6 is 0 Å². The van der Waals surface area contributed by atoms with Crippen LogP contribution in [0.1, 0.15) is 37.5 Å². The summed E-state index contributed by atoms with van der Waals surface area (Å²) < 4.78 is 0. The largest absolute Gasteiger partial charge is 0.0984 e. The first kappa shape index (κ1) is 16.2. The fourth-order valence-corrected chi connectivity index (χ4v) is 1.50. The van der Waals surface area contributed by atoms with Crippen LogP contribution in [0, 0.1) is 6.92 Å². The molecule has 0 heterocycles. The summed E-state index contributed by atoms with van der Waals surface area (Å²) in [4.78, 5) is 0. The first-order valence-electron chi connectivity index (χ1n) is 6.40. The molecule has 0 radical (unpaired) electrons. The first-order valence-corrected chi connectivity index (χ1v) is 6.40. The van der Waals surface area contributed by atoms with E-state index < -0.39 is 0 Å². The molecule has 1 aromatic carbocycles. The number of allylic oxidation sites excluding steroid dienone is 5. The minimum atomic E-state index is 1.01. The molecule has 0 atom stereocenters. The molecule has 0 amide bonds. The van der Waals surface area contributed by atoms with Gasteiger partial charge in [0.25, 0.3) is 0 Å². The van der Waals surface area contributed by atoms with Crippen molar-refractivity contribution < 1.29 is 0 Å². The molecule has 0 saturated carbocycles. The van der Waals surface area contributed by atoms with E-state index in [2.05, 4.69) is 38.3 Å². The summed E-state index contributed by atoms with van der Waals surface area (Å²) in [6, 6.07) is 6.30. The van der Waals surface area contributed by atoms with Crippen molar-refractivity contribution in [1.82, 2.24) is 0 Å². The van der Waals surface area contributed by atoms with E-state index in [-0.39, 0.29) is 0 Å². The van der Waals surface area contributed by atoms with Crippen molar-refractivity contribution in [1.29, 1.82) is 0 Å². The molecule has 0 N–H and O–H groups in total. The third kappa shape index (κ3) is 5.01.